The lowest BCUT2D eigenvalue weighted by molar-refractivity contribution is -0.124. The molecule has 1 aliphatic carbocycles. The minimum absolute atomic E-state index is 0.112. The minimum Gasteiger partial charge on any atom is -0.448 e. The number of likely N-dealkylation sites (tertiary alicyclic amines) is 1. The molecule has 0 radical (unpaired) electrons. The molecule has 8 nitrogen and oxygen atoms in total. The van der Waals surface area contributed by atoms with Crippen molar-refractivity contribution in [1.82, 2.24) is 15.2 Å². The van der Waals surface area contributed by atoms with Crippen molar-refractivity contribution in [2.75, 3.05) is 33.0 Å². The van der Waals surface area contributed by atoms with Crippen molar-refractivity contribution in [1.29, 1.82) is 0 Å². The van der Waals surface area contributed by atoms with Crippen molar-refractivity contribution >= 4 is 29.3 Å². The zero-order valence-electron chi connectivity index (χ0n) is 23.3. The molecular formula is C29H38ClN3O5S. The van der Waals surface area contributed by atoms with Crippen LogP contribution in [0.5, 0.6) is 11.5 Å². The summed E-state index contributed by atoms with van der Waals surface area (Å²) in [5, 5.41) is 3.24. The molecule has 0 spiro atoms. The number of aromatic amines is 1. The number of carbonyl (C=O) groups excluding carboxylic acids is 1. The van der Waals surface area contributed by atoms with Crippen LogP contribution in [0.4, 0.5) is 0 Å². The zero-order valence-corrected chi connectivity index (χ0v) is 24.9. The summed E-state index contributed by atoms with van der Waals surface area (Å²) in [5.41, 5.74) is 2.20. The average Bonchev–Trinajstić information content (AvgIpc) is 3.27. The molecule has 2 aliphatic heterocycles. The number of aryl methyl sites for hydroxylation is 1. The lowest BCUT2D eigenvalue weighted by atomic mass is 9.78. The van der Waals surface area contributed by atoms with Crippen LogP contribution in [-0.2, 0) is 11.3 Å². The number of ether oxygens (including phenoxy) is 3. The van der Waals surface area contributed by atoms with E-state index in [1.807, 2.05) is 33.1 Å². The van der Waals surface area contributed by atoms with Crippen molar-refractivity contribution in [2.24, 2.45) is 11.8 Å². The summed E-state index contributed by atoms with van der Waals surface area (Å²) in [7, 11) is 1.78. The number of methoxy groups -OCH3 is 1. The fourth-order valence-electron chi connectivity index (χ4n) is 6.10. The van der Waals surface area contributed by atoms with Crippen molar-refractivity contribution in [3.05, 3.63) is 49.9 Å². The lowest BCUT2D eigenvalue weighted by Gasteiger charge is -2.42. The van der Waals surface area contributed by atoms with Gasteiger partial charge in [-0.25, -0.2) is 0 Å². The number of hydrogen-bond donors (Lipinski definition) is 2. The van der Waals surface area contributed by atoms with Crippen molar-refractivity contribution < 1.29 is 19.0 Å². The topological polar surface area (TPSA) is 92.9 Å². The van der Waals surface area contributed by atoms with E-state index in [0.29, 0.717) is 45.2 Å². The summed E-state index contributed by atoms with van der Waals surface area (Å²) in [5.74, 6) is 0.804. The first-order chi connectivity index (χ1) is 18.6. The SMILES string of the molecule is COC1CN(CC2CCC([C@@]3(C)Oc4c(Cl)cc(C(=O)NCc5c(SC)cc(C)[nH]c5=O)c(C)c4O3)CC2)C1. The van der Waals surface area contributed by atoms with E-state index in [-0.39, 0.29) is 23.9 Å². The zero-order chi connectivity index (χ0) is 27.9. The summed E-state index contributed by atoms with van der Waals surface area (Å²) in [6, 6.07) is 3.54. The molecule has 1 aromatic carbocycles. The van der Waals surface area contributed by atoms with E-state index in [1.54, 1.807) is 13.2 Å². The first-order valence-corrected chi connectivity index (χ1v) is 15.2. The van der Waals surface area contributed by atoms with Crippen LogP contribution >= 0.6 is 23.4 Å². The minimum atomic E-state index is -0.822. The molecule has 1 amide bonds. The van der Waals surface area contributed by atoms with E-state index in [0.717, 1.165) is 55.9 Å². The number of nitrogens with one attached hydrogen (secondary N) is 2. The molecule has 10 heteroatoms. The Kier molecular flexibility index (Phi) is 8.25. The highest BCUT2D eigenvalue weighted by atomic mass is 35.5. The Bertz CT molecular complexity index is 1300. The second kappa shape index (κ2) is 11.4. The monoisotopic (exact) mass is 575 g/mol. The largest absolute Gasteiger partial charge is 0.448 e. The first kappa shape index (κ1) is 28.3. The predicted octanol–water partition coefficient (Wildman–Crippen LogP) is 4.92. The number of hydrogen-bond acceptors (Lipinski definition) is 7. The number of amides is 1. The molecular weight excluding hydrogens is 538 g/mol. The van der Waals surface area contributed by atoms with Gasteiger partial charge in [0.1, 0.15) is 0 Å². The lowest BCUT2D eigenvalue weighted by Crippen LogP contribution is -2.53. The van der Waals surface area contributed by atoms with E-state index in [1.165, 1.54) is 11.8 Å². The van der Waals surface area contributed by atoms with Gasteiger partial charge in [0.05, 0.1) is 11.1 Å². The van der Waals surface area contributed by atoms with E-state index >= 15 is 0 Å². The standard InChI is InChI=1S/C29H38ClN3O5S/c1-16-10-24(39-5)22(28(35)32-16)12-31-27(34)21-11-23(30)26-25(17(21)2)37-29(3,38-26)19-8-6-18(7-9-19)13-33-14-20(15-33)36-4/h10-11,18-20H,6-9,12-15H2,1-5H3,(H,31,34)(H,32,35)/t18?,19?,29-/m1/s1. The molecule has 2 N–H and O–H groups in total. The highest BCUT2D eigenvalue weighted by Gasteiger charge is 2.47. The van der Waals surface area contributed by atoms with Crippen LogP contribution < -0.4 is 20.3 Å². The Morgan fingerprint density at radius 2 is 1.90 bits per heavy atom. The summed E-state index contributed by atoms with van der Waals surface area (Å²) >= 11 is 8.11. The summed E-state index contributed by atoms with van der Waals surface area (Å²) in [6.07, 6.45) is 6.60. The van der Waals surface area contributed by atoms with Gasteiger partial charge in [-0.15, -0.1) is 11.8 Å². The molecule has 1 saturated heterocycles. The van der Waals surface area contributed by atoms with Gasteiger partial charge in [-0.05, 0) is 63.8 Å². The van der Waals surface area contributed by atoms with Gasteiger partial charge in [-0.3, -0.25) is 14.5 Å². The van der Waals surface area contributed by atoms with Crippen LogP contribution in [-0.4, -0.2) is 60.7 Å². The smallest absolute Gasteiger partial charge is 0.254 e. The van der Waals surface area contributed by atoms with E-state index in [4.69, 9.17) is 25.8 Å². The van der Waals surface area contributed by atoms with Crippen molar-refractivity contribution in [2.45, 2.75) is 69.8 Å². The summed E-state index contributed by atoms with van der Waals surface area (Å²) < 4.78 is 18.3. The fraction of sp³-hybridized carbons (Fsp3) is 0.586. The number of aromatic nitrogens is 1. The van der Waals surface area contributed by atoms with Crippen LogP contribution in [0.3, 0.4) is 0 Å². The van der Waals surface area contributed by atoms with E-state index < -0.39 is 5.79 Å². The van der Waals surface area contributed by atoms with Crippen molar-refractivity contribution in [3.8, 4) is 11.5 Å². The molecule has 0 unspecified atom stereocenters. The maximum atomic E-state index is 13.2. The second-order valence-corrected chi connectivity index (χ2v) is 12.5. The number of pyridine rings is 1. The highest BCUT2D eigenvalue weighted by Crippen LogP contribution is 2.52. The van der Waals surface area contributed by atoms with E-state index in [9.17, 15) is 9.59 Å². The normalized spacial score (nSPS) is 25.0. The van der Waals surface area contributed by atoms with E-state index in [2.05, 4.69) is 15.2 Å². The first-order valence-electron chi connectivity index (χ1n) is 13.6. The van der Waals surface area contributed by atoms with Gasteiger partial charge in [0.25, 0.3) is 17.3 Å². The van der Waals surface area contributed by atoms with Crippen LogP contribution in [0, 0.1) is 25.7 Å². The van der Waals surface area contributed by atoms with Gasteiger partial charge in [-0.1, -0.05) is 11.6 Å². The number of fused-ring (bicyclic) bond motifs is 1. The van der Waals surface area contributed by atoms with Gasteiger partial charge in [0.2, 0.25) is 0 Å². The molecule has 1 saturated carbocycles. The van der Waals surface area contributed by atoms with Crippen LogP contribution in [0.25, 0.3) is 0 Å². The number of H-pyrrole nitrogens is 1. The molecule has 3 heterocycles. The number of rotatable bonds is 8. The summed E-state index contributed by atoms with van der Waals surface area (Å²) in [4.78, 5) is 31.9. The maximum Gasteiger partial charge on any atom is 0.254 e. The van der Waals surface area contributed by atoms with Crippen molar-refractivity contribution in [3.63, 3.8) is 0 Å². The number of thioether (sulfide) groups is 1. The molecule has 212 valence electrons. The third-order valence-electron chi connectivity index (χ3n) is 8.53. The van der Waals surface area contributed by atoms with Gasteiger partial charge >= 0.3 is 0 Å². The average molecular weight is 576 g/mol. The molecule has 2 aromatic rings. The molecule has 3 aliphatic rings. The second-order valence-electron chi connectivity index (χ2n) is 11.2. The molecule has 1 aromatic heterocycles. The fourth-order valence-corrected chi connectivity index (χ4v) is 7.04. The molecule has 2 fully saturated rings. The Labute approximate surface area is 239 Å². The Balaban J connectivity index is 1.24. The van der Waals surface area contributed by atoms with Gasteiger partial charge in [0, 0.05) is 73.4 Å². The quantitative estimate of drug-likeness (QED) is 0.432. The molecule has 0 bridgehead atoms. The third-order valence-corrected chi connectivity index (χ3v) is 9.61. The van der Waals surface area contributed by atoms with Gasteiger partial charge in [0.15, 0.2) is 11.5 Å². The number of halogens is 1. The molecule has 39 heavy (non-hydrogen) atoms. The Hall–Kier alpha value is -2.20. The summed E-state index contributed by atoms with van der Waals surface area (Å²) in [6.45, 7) is 8.98. The third kappa shape index (κ3) is 5.69. The highest BCUT2D eigenvalue weighted by molar-refractivity contribution is 7.98. The van der Waals surface area contributed by atoms with Crippen LogP contribution in [0.1, 0.15) is 59.8 Å². The number of carbonyl (C=O) groups is 1. The number of nitrogens with zero attached hydrogens (tertiary/aromatic N) is 1. The number of benzene rings is 1. The Morgan fingerprint density at radius 3 is 2.56 bits per heavy atom. The van der Waals surface area contributed by atoms with Gasteiger partial charge < -0.3 is 24.5 Å². The van der Waals surface area contributed by atoms with Crippen LogP contribution in [0.15, 0.2) is 21.8 Å². The molecule has 1 atom stereocenters. The maximum absolute atomic E-state index is 13.2. The Morgan fingerprint density at radius 1 is 1.21 bits per heavy atom. The van der Waals surface area contributed by atoms with Gasteiger partial charge in [-0.2, -0.15) is 0 Å². The molecule has 5 rings (SSSR count). The predicted molar refractivity (Wildman–Crippen MR) is 153 cm³/mol. The van der Waals surface area contributed by atoms with Crippen LogP contribution in [0.2, 0.25) is 5.02 Å².